The van der Waals surface area contributed by atoms with Gasteiger partial charge in [0.1, 0.15) is 6.04 Å². The van der Waals surface area contributed by atoms with Crippen LogP contribution in [0.25, 0.3) is 0 Å². The van der Waals surface area contributed by atoms with Crippen molar-refractivity contribution in [3.63, 3.8) is 0 Å². The lowest BCUT2D eigenvalue weighted by Crippen LogP contribution is -2.64. The van der Waals surface area contributed by atoms with E-state index in [1.54, 1.807) is 11.1 Å². The van der Waals surface area contributed by atoms with Crippen molar-refractivity contribution < 1.29 is 22.8 Å². The van der Waals surface area contributed by atoms with Gasteiger partial charge in [0.25, 0.3) is 0 Å². The number of aryl methyl sites for hydroxylation is 1. The van der Waals surface area contributed by atoms with Crippen LogP contribution in [0.2, 0.25) is 0 Å². The van der Waals surface area contributed by atoms with Crippen LogP contribution in [-0.4, -0.2) is 45.8 Å². The monoisotopic (exact) mass is 540 g/mol. The summed E-state index contributed by atoms with van der Waals surface area (Å²) in [6.45, 7) is 3.26. The molecule has 2 N–H and O–H groups in total. The number of hydrogen-bond donors (Lipinski definition) is 2. The van der Waals surface area contributed by atoms with Crippen LogP contribution in [0.3, 0.4) is 0 Å². The van der Waals surface area contributed by atoms with Gasteiger partial charge < -0.3 is 15.2 Å². The molecule has 0 bridgehead atoms. The van der Waals surface area contributed by atoms with E-state index in [1.807, 2.05) is 18.2 Å². The highest BCUT2D eigenvalue weighted by atomic mass is 19.4. The fraction of sp³-hybridized carbons (Fsp3) is 0.433. The lowest BCUT2D eigenvalue weighted by molar-refractivity contribution is -0.143. The molecule has 1 aliphatic heterocycles. The Morgan fingerprint density at radius 1 is 1.08 bits per heavy atom. The summed E-state index contributed by atoms with van der Waals surface area (Å²) in [6, 6.07) is 14.1. The Balaban J connectivity index is 1.48. The quantitative estimate of drug-likeness (QED) is 0.300. The van der Waals surface area contributed by atoms with E-state index < -0.39 is 17.8 Å². The Labute approximate surface area is 227 Å². The van der Waals surface area contributed by atoms with Crippen LogP contribution < -0.4 is 5.32 Å². The minimum Gasteiger partial charge on any atom is -0.348 e. The molecule has 9 heteroatoms. The molecule has 6 nitrogen and oxygen atoms in total. The van der Waals surface area contributed by atoms with Crippen LogP contribution in [0.5, 0.6) is 0 Å². The molecular formula is C30H35F3N4O2. The zero-order valence-electron chi connectivity index (χ0n) is 22.1. The number of aromatic amines is 1. The first-order valence-electron chi connectivity index (χ1n) is 13.5. The Hall–Kier alpha value is -3.62. The molecule has 2 heterocycles. The number of halogens is 3. The van der Waals surface area contributed by atoms with Crippen LogP contribution in [0, 0.1) is 0 Å². The number of hydrogen-bond acceptors (Lipinski definition) is 3. The number of imidazole rings is 1. The van der Waals surface area contributed by atoms with E-state index in [9.17, 15) is 22.8 Å². The number of aromatic nitrogens is 2. The molecule has 1 atom stereocenters. The summed E-state index contributed by atoms with van der Waals surface area (Å²) in [5.41, 5.74) is 1.68. The Bertz CT molecular complexity index is 1210. The first-order valence-corrected chi connectivity index (χ1v) is 13.5. The van der Waals surface area contributed by atoms with Gasteiger partial charge in [-0.2, -0.15) is 13.2 Å². The fourth-order valence-electron chi connectivity index (χ4n) is 5.25. The van der Waals surface area contributed by atoms with Gasteiger partial charge in [-0.25, -0.2) is 4.98 Å². The molecule has 1 fully saturated rings. The summed E-state index contributed by atoms with van der Waals surface area (Å²) < 4.78 is 39.1. The average molecular weight is 541 g/mol. The first-order chi connectivity index (χ1) is 18.7. The highest BCUT2D eigenvalue weighted by Crippen LogP contribution is 2.40. The fourth-order valence-corrected chi connectivity index (χ4v) is 5.25. The van der Waals surface area contributed by atoms with Gasteiger partial charge in [-0.05, 0) is 36.1 Å². The second kappa shape index (κ2) is 12.5. The van der Waals surface area contributed by atoms with Crippen molar-refractivity contribution in [3.05, 3.63) is 89.5 Å². The maximum Gasteiger partial charge on any atom is 0.416 e. The second-order valence-corrected chi connectivity index (χ2v) is 10.4. The first kappa shape index (κ1) is 28.4. The standard InChI is InChI=1S/C30H35F3N4O2/c1-2-3-7-16-29(23-8-5-4-6-9-23)19-37(20-29)28(39)26(36-27(38)15-14-25-18-34-21-35-25)17-22-10-12-24(13-11-22)30(31,32)33/h4-6,8-13,18,21,26H,2-3,7,14-17,19-20H2,1H3,(H,34,35)(H,36,38)/t26-/m1/s1. The van der Waals surface area contributed by atoms with Crippen molar-refractivity contribution in [3.8, 4) is 0 Å². The largest absolute Gasteiger partial charge is 0.416 e. The number of carbonyl (C=O) groups is 2. The van der Waals surface area contributed by atoms with Gasteiger partial charge in [0.05, 0.1) is 11.9 Å². The van der Waals surface area contributed by atoms with E-state index in [-0.39, 0.29) is 30.1 Å². The number of likely N-dealkylation sites (tertiary alicyclic amines) is 1. The molecule has 1 aromatic heterocycles. The molecule has 208 valence electrons. The molecule has 0 spiro atoms. The smallest absolute Gasteiger partial charge is 0.348 e. The molecule has 0 aliphatic carbocycles. The van der Waals surface area contributed by atoms with Crippen LogP contribution >= 0.6 is 0 Å². The van der Waals surface area contributed by atoms with Gasteiger partial charge in [0, 0.05) is 43.2 Å². The maximum atomic E-state index is 13.7. The summed E-state index contributed by atoms with van der Waals surface area (Å²) in [6.07, 6.45) is 3.69. The van der Waals surface area contributed by atoms with Gasteiger partial charge >= 0.3 is 6.18 Å². The van der Waals surface area contributed by atoms with E-state index in [0.29, 0.717) is 25.1 Å². The Morgan fingerprint density at radius 2 is 1.79 bits per heavy atom. The molecule has 39 heavy (non-hydrogen) atoms. The van der Waals surface area contributed by atoms with Gasteiger partial charge in [0.2, 0.25) is 11.8 Å². The van der Waals surface area contributed by atoms with Crippen molar-refractivity contribution in [2.45, 2.75) is 69.5 Å². The van der Waals surface area contributed by atoms with Crippen molar-refractivity contribution in [1.29, 1.82) is 0 Å². The topological polar surface area (TPSA) is 78.1 Å². The highest BCUT2D eigenvalue weighted by molar-refractivity contribution is 5.88. The number of amides is 2. The number of carbonyl (C=O) groups excluding carboxylic acids is 2. The van der Waals surface area contributed by atoms with E-state index >= 15 is 0 Å². The number of alkyl halides is 3. The van der Waals surface area contributed by atoms with E-state index in [1.165, 1.54) is 24.0 Å². The van der Waals surface area contributed by atoms with E-state index in [0.717, 1.165) is 43.5 Å². The van der Waals surface area contributed by atoms with Crippen molar-refractivity contribution >= 4 is 11.8 Å². The Morgan fingerprint density at radius 3 is 2.41 bits per heavy atom. The van der Waals surface area contributed by atoms with Crippen LogP contribution in [0.4, 0.5) is 13.2 Å². The maximum absolute atomic E-state index is 13.7. The van der Waals surface area contributed by atoms with Crippen molar-refractivity contribution in [2.24, 2.45) is 0 Å². The summed E-state index contributed by atoms with van der Waals surface area (Å²) in [5, 5.41) is 2.85. The molecule has 1 aliphatic rings. The number of H-pyrrole nitrogens is 1. The number of rotatable bonds is 12. The zero-order valence-corrected chi connectivity index (χ0v) is 22.1. The molecule has 0 radical (unpaired) electrons. The van der Waals surface area contributed by atoms with Crippen molar-refractivity contribution in [1.82, 2.24) is 20.2 Å². The zero-order chi connectivity index (χ0) is 27.9. The third-order valence-corrected chi connectivity index (χ3v) is 7.47. The van der Waals surface area contributed by atoms with Crippen LogP contribution in [-0.2, 0) is 34.0 Å². The molecule has 2 amide bonds. The Kier molecular flexibility index (Phi) is 9.09. The van der Waals surface area contributed by atoms with Crippen molar-refractivity contribution in [2.75, 3.05) is 13.1 Å². The summed E-state index contributed by atoms with van der Waals surface area (Å²) in [7, 11) is 0. The highest BCUT2D eigenvalue weighted by Gasteiger charge is 2.47. The van der Waals surface area contributed by atoms with Gasteiger partial charge in [-0.15, -0.1) is 0 Å². The molecule has 2 aromatic carbocycles. The number of unbranched alkanes of at least 4 members (excludes halogenated alkanes) is 2. The predicted octanol–water partition coefficient (Wildman–Crippen LogP) is 5.45. The molecular weight excluding hydrogens is 505 g/mol. The number of benzene rings is 2. The van der Waals surface area contributed by atoms with Gasteiger partial charge in [-0.3, -0.25) is 9.59 Å². The lowest BCUT2D eigenvalue weighted by Gasteiger charge is -2.52. The minimum atomic E-state index is -4.44. The average Bonchev–Trinajstić information content (AvgIpc) is 3.42. The summed E-state index contributed by atoms with van der Waals surface area (Å²) >= 11 is 0. The van der Waals surface area contributed by atoms with Gasteiger partial charge in [-0.1, -0.05) is 68.7 Å². The molecule has 3 aromatic rings. The molecule has 4 rings (SSSR count). The van der Waals surface area contributed by atoms with Crippen LogP contribution in [0.15, 0.2) is 67.1 Å². The third-order valence-electron chi connectivity index (χ3n) is 7.47. The van der Waals surface area contributed by atoms with E-state index in [4.69, 9.17) is 0 Å². The predicted molar refractivity (Wildman–Crippen MR) is 143 cm³/mol. The van der Waals surface area contributed by atoms with E-state index in [2.05, 4.69) is 34.3 Å². The number of nitrogens with one attached hydrogen (secondary N) is 2. The molecule has 0 saturated carbocycles. The normalized spacial score (nSPS) is 15.4. The summed E-state index contributed by atoms with van der Waals surface area (Å²) in [4.78, 5) is 35.2. The third kappa shape index (κ3) is 7.28. The molecule has 0 unspecified atom stereocenters. The minimum absolute atomic E-state index is 0.109. The molecule has 1 saturated heterocycles. The SMILES string of the molecule is CCCCCC1(c2ccccc2)CN(C(=O)[C@@H](Cc2ccc(C(F)(F)F)cc2)NC(=O)CCc2cnc[nH]2)C1. The number of nitrogens with zero attached hydrogens (tertiary/aromatic N) is 2. The second-order valence-electron chi connectivity index (χ2n) is 10.4. The van der Waals surface area contributed by atoms with Crippen LogP contribution in [0.1, 0.15) is 61.4 Å². The lowest BCUT2D eigenvalue weighted by atomic mass is 9.70. The summed E-state index contributed by atoms with van der Waals surface area (Å²) in [5.74, 6) is -0.514. The van der Waals surface area contributed by atoms with Gasteiger partial charge in [0.15, 0.2) is 0 Å².